The Morgan fingerprint density at radius 2 is 2.27 bits per heavy atom. The fourth-order valence-electron chi connectivity index (χ4n) is 0.757. The van der Waals surface area contributed by atoms with Crippen LogP contribution in [0.4, 0.5) is 5.69 Å². The van der Waals surface area contributed by atoms with Crippen molar-refractivity contribution < 1.29 is 9.90 Å². The number of anilines is 1. The Labute approximate surface area is 63.7 Å². The summed E-state index contributed by atoms with van der Waals surface area (Å²) in [7, 11) is 0. The molecule has 0 saturated carbocycles. The van der Waals surface area contributed by atoms with Crippen LogP contribution in [0.2, 0.25) is 0 Å². The summed E-state index contributed by atoms with van der Waals surface area (Å²) in [6.07, 6.45) is 2.72. The summed E-state index contributed by atoms with van der Waals surface area (Å²) in [4.78, 5) is 14.1. The Kier molecular flexibility index (Phi) is 1.76. The summed E-state index contributed by atoms with van der Waals surface area (Å²) in [6.45, 7) is 1.65. The second-order valence-electron chi connectivity index (χ2n) is 2.21. The molecule has 58 valence electrons. The van der Waals surface area contributed by atoms with E-state index < -0.39 is 5.97 Å². The molecule has 0 atom stereocenters. The zero-order chi connectivity index (χ0) is 8.43. The molecule has 0 aromatic carbocycles. The maximum atomic E-state index is 10.5. The fraction of sp³-hybridized carbons (Fsp3) is 0.143. The van der Waals surface area contributed by atoms with Crippen molar-refractivity contribution in [3.63, 3.8) is 0 Å². The third-order valence-corrected chi connectivity index (χ3v) is 1.48. The average Bonchev–Trinajstić information content (AvgIpc) is 1.94. The van der Waals surface area contributed by atoms with Crippen molar-refractivity contribution in [1.82, 2.24) is 4.98 Å². The van der Waals surface area contributed by atoms with Crippen LogP contribution in [0.25, 0.3) is 0 Å². The lowest BCUT2D eigenvalue weighted by molar-refractivity contribution is 0.0695. The van der Waals surface area contributed by atoms with Crippen molar-refractivity contribution in [2.75, 3.05) is 5.73 Å². The minimum atomic E-state index is -0.998. The van der Waals surface area contributed by atoms with Crippen molar-refractivity contribution in [3.8, 4) is 0 Å². The molecule has 0 saturated heterocycles. The summed E-state index contributed by atoms with van der Waals surface area (Å²) in [6, 6.07) is 0. The van der Waals surface area contributed by atoms with E-state index in [2.05, 4.69) is 4.98 Å². The zero-order valence-corrected chi connectivity index (χ0v) is 6.03. The van der Waals surface area contributed by atoms with Crippen LogP contribution >= 0.6 is 0 Å². The standard InChI is InChI=1S/C7H8N2O2/c1-4-5(7(10)11)2-9-3-6(4)8/h2-3H,8H2,1H3,(H,10,11). The number of aromatic carboxylic acids is 1. The van der Waals surface area contributed by atoms with Crippen molar-refractivity contribution in [1.29, 1.82) is 0 Å². The van der Waals surface area contributed by atoms with E-state index >= 15 is 0 Å². The second-order valence-corrected chi connectivity index (χ2v) is 2.21. The van der Waals surface area contributed by atoms with Gasteiger partial charge in [0.2, 0.25) is 0 Å². The third-order valence-electron chi connectivity index (χ3n) is 1.48. The van der Waals surface area contributed by atoms with Crippen LogP contribution in [0.1, 0.15) is 15.9 Å². The van der Waals surface area contributed by atoms with Crippen molar-refractivity contribution in [2.45, 2.75) is 6.92 Å². The molecule has 0 unspecified atom stereocenters. The van der Waals surface area contributed by atoms with Crippen LogP contribution in [0.3, 0.4) is 0 Å². The first-order chi connectivity index (χ1) is 5.13. The van der Waals surface area contributed by atoms with E-state index in [1.807, 2.05) is 0 Å². The molecular formula is C7H8N2O2. The number of nitrogens with zero attached hydrogens (tertiary/aromatic N) is 1. The summed E-state index contributed by atoms with van der Waals surface area (Å²) >= 11 is 0. The van der Waals surface area contributed by atoms with Crippen LogP contribution in [-0.2, 0) is 0 Å². The molecule has 0 amide bonds. The number of pyridine rings is 1. The number of aromatic nitrogens is 1. The third kappa shape index (κ3) is 1.29. The SMILES string of the molecule is Cc1c(N)cncc1C(=O)O. The number of carbonyl (C=O) groups is 1. The van der Waals surface area contributed by atoms with Crippen LogP contribution in [0, 0.1) is 6.92 Å². The van der Waals surface area contributed by atoms with Crippen molar-refractivity contribution in [3.05, 3.63) is 23.5 Å². The largest absolute Gasteiger partial charge is 0.478 e. The van der Waals surface area contributed by atoms with Gasteiger partial charge in [0.1, 0.15) is 0 Å². The minimum Gasteiger partial charge on any atom is -0.478 e. The molecule has 1 aromatic rings. The van der Waals surface area contributed by atoms with E-state index in [4.69, 9.17) is 10.8 Å². The highest BCUT2D eigenvalue weighted by Crippen LogP contribution is 2.12. The van der Waals surface area contributed by atoms with Gasteiger partial charge < -0.3 is 10.8 Å². The minimum absolute atomic E-state index is 0.157. The van der Waals surface area contributed by atoms with Gasteiger partial charge in [-0.2, -0.15) is 0 Å². The summed E-state index contributed by atoms with van der Waals surface area (Å²) in [5, 5.41) is 8.59. The quantitative estimate of drug-likeness (QED) is 0.620. The summed E-state index contributed by atoms with van der Waals surface area (Å²) < 4.78 is 0. The molecular weight excluding hydrogens is 144 g/mol. The molecule has 0 aliphatic rings. The normalized spacial score (nSPS) is 9.55. The van der Waals surface area contributed by atoms with Gasteiger partial charge in [-0.3, -0.25) is 4.98 Å². The van der Waals surface area contributed by atoms with Gasteiger partial charge in [-0.15, -0.1) is 0 Å². The van der Waals surface area contributed by atoms with Gasteiger partial charge >= 0.3 is 5.97 Å². The fourth-order valence-corrected chi connectivity index (χ4v) is 0.757. The molecule has 3 N–H and O–H groups in total. The molecule has 11 heavy (non-hydrogen) atoms. The average molecular weight is 152 g/mol. The van der Waals surface area contributed by atoms with Crippen LogP contribution in [0.5, 0.6) is 0 Å². The number of hydrogen-bond acceptors (Lipinski definition) is 3. The highest BCUT2D eigenvalue weighted by molar-refractivity contribution is 5.90. The number of hydrogen-bond donors (Lipinski definition) is 2. The van der Waals surface area contributed by atoms with Gasteiger partial charge in [-0.1, -0.05) is 0 Å². The Morgan fingerprint density at radius 3 is 2.73 bits per heavy atom. The number of carboxylic acid groups (broad SMARTS) is 1. The van der Waals surface area contributed by atoms with E-state index in [1.165, 1.54) is 12.4 Å². The Bertz CT molecular complexity index is 296. The molecule has 0 aliphatic heterocycles. The van der Waals surface area contributed by atoms with Gasteiger partial charge in [-0.05, 0) is 12.5 Å². The lowest BCUT2D eigenvalue weighted by Gasteiger charge is -2.01. The maximum absolute atomic E-state index is 10.5. The van der Waals surface area contributed by atoms with Crippen molar-refractivity contribution in [2.24, 2.45) is 0 Å². The first-order valence-electron chi connectivity index (χ1n) is 3.06. The smallest absolute Gasteiger partial charge is 0.337 e. The molecule has 1 aromatic heterocycles. The molecule has 0 fully saturated rings. The number of nitrogen functional groups attached to an aromatic ring is 1. The molecule has 1 rings (SSSR count). The van der Waals surface area contributed by atoms with Crippen LogP contribution in [-0.4, -0.2) is 16.1 Å². The van der Waals surface area contributed by atoms with Crippen molar-refractivity contribution >= 4 is 11.7 Å². The van der Waals surface area contributed by atoms with Gasteiger partial charge in [-0.25, -0.2) is 4.79 Å². The first kappa shape index (κ1) is 7.53. The van der Waals surface area contributed by atoms with Crippen LogP contribution in [0.15, 0.2) is 12.4 Å². The Morgan fingerprint density at radius 1 is 1.64 bits per heavy atom. The number of carboxylic acids is 1. The molecule has 4 heteroatoms. The number of rotatable bonds is 1. The van der Waals surface area contributed by atoms with Gasteiger partial charge in [0.25, 0.3) is 0 Å². The topological polar surface area (TPSA) is 76.2 Å². The molecule has 0 spiro atoms. The van der Waals surface area contributed by atoms with Crippen LogP contribution < -0.4 is 5.73 Å². The van der Waals surface area contributed by atoms with E-state index in [0.29, 0.717) is 11.3 Å². The Balaban J connectivity index is 3.27. The lowest BCUT2D eigenvalue weighted by Crippen LogP contribution is -2.03. The Hall–Kier alpha value is -1.58. The van der Waals surface area contributed by atoms with Gasteiger partial charge in [0, 0.05) is 6.20 Å². The number of nitrogens with two attached hydrogens (primary N) is 1. The van der Waals surface area contributed by atoms with Gasteiger partial charge in [0.05, 0.1) is 17.4 Å². The highest BCUT2D eigenvalue weighted by atomic mass is 16.4. The maximum Gasteiger partial charge on any atom is 0.337 e. The molecule has 4 nitrogen and oxygen atoms in total. The van der Waals surface area contributed by atoms with Gasteiger partial charge in [0.15, 0.2) is 0 Å². The summed E-state index contributed by atoms with van der Waals surface area (Å²) in [5.74, 6) is -0.998. The predicted molar refractivity (Wildman–Crippen MR) is 40.3 cm³/mol. The van der Waals surface area contributed by atoms with E-state index in [9.17, 15) is 4.79 Å². The predicted octanol–water partition coefficient (Wildman–Crippen LogP) is 0.670. The first-order valence-corrected chi connectivity index (χ1v) is 3.06. The second kappa shape index (κ2) is 2.57. The molecule has 0 radical (unpaired) electrons. The highest BCUT2D eigenvalue weighted by Gasteiger charge is 2.08. The molecule has 1 heterocycles. The van der Waals surface area contributed by atoms with E-state index in [-0.39, 0.29) is 5.56 Å². The molecule has 0 bridgehead atoms. The van der Waals surface area contributed by atoms with E-state index in [0.717, 1.165) is 0 Å². The summed E-state index contributed by atoms with van der Waals surface area (Å²) in [5.41, 5.74) is 6.56. The monoisotopic (exact) mass is 152 g/mol. The lowest BCUT2D eigenvalue weighted by atomic mass is 10.1. The van der Waals surface area contributed by atoms with E-state index in [1.54, 1.807) is 6.92 Å². The molecule has 0 aliphatic carbocycles. The zero-order valence-electron chi connectivity index (χ0n) is 6.03.